The van der Waals surface area contributed by atoms with Gasteiger partial charge in [0.2, 0.25) is 0 Å². The van der Waals surface area contributed by atoms with Crippen molar-refractivity contribution in [2.24, 2.45) is 0 Å². The topological polar surface area (TPSA) is 41.1 Å². The van der Waals surface area contributed by atoms with E-state index in [1.54, 1.807) is 11.3 Å². The van der Waals surface area contributed by atoms with Crippen molar-refractivity contribution < 1.29 is 4.79 Å². The van der Waals surface area contributed by atoms with E-state index in [1.165, 1.54) is 29.7 Å². The van der Waals surface area contributed by atoms with E-state index < -0.39 is 0 Å². The van der Waals surface area contributed by atoms with Gasteiger partial charge < -0.3 is 10.6 Å². The molecule has 0 aromatic carbocycles. The molecule has 19 heavy (non-hydrogen) atoms. The molecule has 1 heterocycles. The monoisotopic (exact) mass is 280 g/mol. The highest BCUT2D eigenvalue weighted by Gasteiger charge is 2.15. The first-order valence-electron chi connectivity index (χ1n) is 7.41. The second-order valence-corrected chi connectivity index (χ2v) is 6.26. The Balaban J connectivity index is 1.82. The summed E-state index contributed by atoms with van der Waals surface area (Å²) in [5.74, 6) is 0.0939. The van der Waals surface area contributed by atoms with Gasteiger partial charge in [-0.1, -0.05) is 13.3 Å². The second-order valence-electron chi connectivity index (χ2n) is 5.13. The fourth-order valence-corrected chi connectivity index (χ4v) is 3.60. The minimum Gasteiger partial charge on any atom is -0.350 e. The summed E-state index contributed by atoms with van der Waals surface area (Å²) >= 11 is 1.69. The molecule has 4 heteroatoms. The standard InChI is InChI=1S/C15H24N2OS/c1-2-8-16-9-10-17-15(18)14-11-12-6-4-3-5-7-13(12)19-14/h11,16H,2-10H2,1H3,(H,17,18). The van der Waals surface area contributed by atoms with Crippen molar-refractivity contribution in [3.8, 4) is 0 Å². The van der Waals surface area contributed by atoms with Crippen LogP contribution >= 0.6 is 11.3 Å². The van der Waals surface area contributed by atoms with Crippen LogP contribution < -0.4 is 10.6 Å². The van der Waals surface area contributed by atoms with Crippen LogP contribution in [0.25, 0.3) is 0 Å². The van der Waals surface area contributed by atoms with E-state index in [2.05, 4.69) is 23.6 Å². The Kier molecular flexibility index (Phi) is 5.86. The van der Waals surface area contributed by atoms with E-state index in [-0.39, 0.29) is 5.91 Å². The number of carbonyl (C=O) groups is 1. The summed E-state index contributed by atoms with van der Waals surface area (Å²) in [6.45, 7) is 4.72. The van der Waals surface area contributed by atoms with Crippen LogP contribution in [0.1, 0.15) is 52.7 Å². The molecule has 0 atom stereocenters. The van der Waals surface area contributed by atoms with Gasteiger partial charge in [0.1, 0.15) is 0 Å². The van der Waals surface area contributed by atoms with Gasteiger partial charge in [-0.25, -0.2) is 0 Å². The smallest absolute Gasteiger partial charge is 0.261 e. The largest absolute Gasteiger partial charge is 0.350 e. The maximum atomic E-state index is 12.1. The average Bonchev–Trinajstić information content (AvgIpc) is 2.70. The zero-order chi connectivity index (χ0) is 13.5. The SMILES string of the molecule is CCCNCCNC(=O)c1cc2c(s1)CCCCC2. The summed E-state index contributed by atoms with van der Waals surface area (Å²) in [6, 6.07) is 2.11. The molecule has 2 rings (SSSR count). The van der Waals surface area contributed by atoms with Gasteiger partial charge >= 0.3 is 0 Å². The Labute approximate surface area is 119 Å². The van der Waals surface area contributed by atoms with Crippen molar-refractivity contribution in [2.45, 2.75) is 45.4 Å². The van der Waals surface area contributed by atoms with E-state index in [0.29, 0.717) is 6.54 Å². The highest BCUT2D eigenvalue weighted by Crippen LogP contribution is 2.28. The van der Waals surface area contributed by atoms with Crippen molar-refractivity contribution in [3.63, 3.8) is 0 Å². The molecule has 1 aliphatic rings. The maximum absolute atomic E-state index is 12.1. The first-order valence-corrected chi connectivity index (χ1v) is 8.23. The Morgan fingerprint density at radius 3 is 2.89 bits per heavy atom. The second kappa shape index (κ2) is 7.65. The number of hydrogen-bond acceptors (Lipinski definition) is 3. The lowest BCUT2D eigenvalue weighted by Gasteiger charge is -2.04. The number of rotatable bonds is 6. The van der Waals surface area contributed by atoms with Gasteiger partial charge in [-0.2, -0.15) is 0 Å². The highest BCUT2D eigenvalue weighted by molar-refractivity contribution is 7.14. The molecule has 1 aliphatic carbocycles. The number of fused-ring (bicyclic) bond motifs is 1. The molecule has 0 aliphatic heterocycles. The summed E-state index contributed by atoms with van der Waals surface area (Å²) in [5.41, 5.74) is 1.41. The van der Waals surface area contributed by atoms with Gasteiger partial charge in [-0.3, -0.25) is 4.79 Å². The number of aryl methyl sites for hydroxylation is 2. The normalized spacial score (nSPS) is 14.8. The van der Waals surface area contributed by atoms with Gasteiger partial charge in [-0.15, -0.1) is 11.3 Å². The fraction of sp³-hybridized carbons (Fsp3) is 0.667. The Morgan fingerprint density at radius 2 is 2.05 bits per heavy atom. The third kappa shape index (κ3) is 4.32. The number of thiophene rings is 1. The van der Waals surface area contributed by atoms with Gasteiger partial charge in [0.15, 0.2) is 0 Å². The maximum Gasteiger partial charge on any atom is 0.261 e. The molecule has 0 unspecified atom stereocenters. The zero-order valence-electron chi connectivity index (χ0n) is 11.8. The van der Waals surface area contributed by atoms with Gasteiger partial charge in [-0.05, 0) is 50.3 Å². The van der Waals surface area contributed by atoms with E-state index in [4.69, 9.17) is 0 Å². The number of carbonyl (C=O) groups excluding carboxylic acids is 1. The Morgan fingerprint density at radius 1 is 1.21 bits per heavy atom. The lowest BCUT2D eigenvalue weighted by atomic mass is 10.1. The van der Waals surface area contributed by atoms with E-state index >= 15 is 0 Å². The molecule has 0 saturated heterocycles. The molecule has 1 aromatic rings. The molecular weight excluding hydrogens is 256 g/mol. The molecule has 0 radical (unpaired) electrons. The van der Waals surface area contributed by atoms with Crippen LogP contribution in [0.5, 0.6) is 0 Å². The molecule has 1 aromatic heterocycles. The number of hydrogen-bond donors (Lipinski definition) is 2. The molecular formula is C15H24N2OS. The van der Waals surface area contributed by atoms with Crippen LogP contribution in [0.4, 0.5) is 0 Å². The first kappa shape index (κ1) is 14.5. The first-order chi connectivity index (χ1) is 9.31. The molecule has 0 saturated carbocycles. The summed E-state index contributed by atoms with van der Waals surface area (Å²) in [5, 5.41) is 6.28. The number of amides is 1. The Hall–Kier alpha value is -0.870. The molecule has 1 amide bonds. The van der Waals surface area contributed by atoms with Crippen molar-refractivity contribution in [1.29, 1.82) is 0 Å². The van der Waals surface area contributed by atoms with E-state index in [9.17, 15) is 4.79 Å². The van der Waals surface area contributed by atoms with Crippen LogP contribution in [0.3, 0.4) is 0 Å². The minimum atomic E-state index is 0.0939. The zero-order valence-corrected chi connectivity index (χ0v) is 12.6. The van der Waals surface area contributed by atoms with E-state index in [1.807, 2.05) is 0 Å². The Bertz CT molecular complexity index is 391. The fourth-order valence-electron chi connectivity index (χ4n) is 2.43. The number of nitrogens with one attached hydrogen (secondary N) is 2. The molecule has 0 spiro atoms. The predicted octanol–water partition coefficient (Wildman–Crippen LogP) is 2.75. The van der Waals surface area contributed by atoms with Crippen LogP contribution in [-0.4, -0.2) is 25.5 Å². The molecule has 3 nitrogen and oxygen atoms in total. The van der Waals surface area contributed by atoms with Crippen molar-refractivity contribution in [1.82, 2.24) is 10.6 Å². The summed E-state index contributed by atoms with van der Waals surface area (Å²) < 4.78 is 0. The predicted molar refractivity (Wildman–Crippen MR) is 81.1 cm³/mol. The van der Waals surface area contributed by atoms with Crippen LogP contribution in [0.15, 0.2) is 6.07 Å². The highest BCUT2D eigenvalue weighted by atomic mass is 32.1. The minimum absolute atomic E-state index is 0.0939. The lowest BCUT2D eigenvalue weighted by Crippen LogP contribution is -2.31. The summed E-state index contributed by atoms with van der Waals surface area (Å²) in [7, 11) is 0. The van der Waals surface area contributed by atoms with Crippen LogP contribution in [0, 0.1) is 0 Å². The average molecular weight is 280 g/mol. The quantitative estimate of drug-likeness (QED) is 0.621. The third-order valence-electron chi connectivity index (χ3n) is 3.48. The summed E-state index contributed by atoms with van der Waals surface area (Å²) in [6.07, 6.45) is 7.31. The van der Waals surface area contributed by atoms with Gasteiger partial charge in [0, 0.05) is 18.0 Å². The molecule has 2 N–H and O–H groups in total. The van der Waals surface area contributed by atoms with Crippen LogP contribution in [-0.2, 0) is 12.8 Å². The molecule has 0 bridgehead atoms. The molecule has 106 valence electrons. The van der Waals surface area contributed by atoms with Gasteiger partial charge in [0.05, 0.1) is 4.88 Å². The van der Waals surface area contributed by atoms with E-state index in [0.717, 1.165) is 37.2 Å². The third-order valence-corrected chi connectivity index (χ3v) is 4.72. The van der Waals surface area contributed by atoms with Gasteiger partial charge in [0.25, 0.3) is 5.91 Å². The lowest BCUT2D eigenvalue weighted by molar-refractivity contribution is 0.0958. The van der Waals surface area contributed by atoms with Crippen molar-refractivity contribution in [2.75, 3.05) is 19.6 Å². The van der Waals surface area contributed by atoms with Crippen molar-refractivity contribution >= 4 is 17.2 Å². The molecule has 0 fully saturated rings. The van der Waals surface area contributed by atoms with Crippen LogP contribution in [0.2, 0.25) is 0 Å². The summed E-state index contributed by atoms with van der Waals surface area (Å²) in [4.78, 5) is 14.4. The van der Waals surface area contributed by atoms with Crippen molar-refractivity contribution in [3.05, 3.63) is 21.4 Å².